The van der Waals surface area contributed by atoms with Gasteiger partial charge in [0.25, 0.3) is 0 Å². The topological polar surface area (TPSA) is 73.9 Å². The van der Waals surface area contributed by atoms with E-state index in [1.807, 2.05) is 43.3 Å². The molecule has 168 valence electrons. The molecule has 2 unspecified atom stereocenters. The maximum atomic E-state index is 13.3. The number of Topliss-reactive ketones (excluding diaryl/α,β-unsaturated/α-hetero) is 1. The number of halogens is 1. The van der Waals surface area contributed by atoms with Crippen molar-refractivity contribution in [2.75, 3.05) is 20.8 Å². The van der Waals surface area contributed by atoms with Crippen LogP contribution in [0.25, 0.3) is 0 Å². The van der Waals surface area contributed by atoms with Crippen LogP contribution in [0.1, 0.15) is 49.1 Å². The van der Waals surface area contributed by atoms with Crippen molar-refractivity contribution >= 4 is 27.6 Å². The van der Waals surface area contributed by atoms with Gasteiger partial charge in [-0.2, -0.15) is 0 Å². The number of carbonyl (C=O) groups excluding carboxylic acids is 2. The van der Waals surface area contributed by atoms with Gasteiger partial charge in [0.05, 0.1) is 25.3 Å². The normalized spacial score (nSPS) is 20.5. The molecule has 2 atom stereocenters. The minimum absolute atomic E-state index is 0.0214. The Morgan fingerprint density at radius 1 is 1.00 bits per heavy atom. The quantitative estimate of drug-likeness (QED) is 0.613. The molecule has 7 heteroatoms. The summed E-state index contributed by atoms with van der Waals surface area (Å²) < 4.78 is 17.1. The molecule has 32 heavy (non-hydrogen) atoms. The lowest BCUT2D eigenvalue weighted by Gasteiger charge is -2.34. The fourth-order valence-corrected chi connectivity index (χ4v) is 5.24. The second-order valence-electron chi connectivity index (χ2n) is 7.97. The Labute approximate surface area is 196 Å². The highest BCUT2D eigenvalue weighted by Gasteiger charge is 2.38. The maximum Gasteiger partial charge on any atom is 0.225 e. The maximum absolute atomic E-state index is 13.3. The van der Waals surface area contributed by atoms with Gasteiger partial charge < -0.3 is 19.5 Å². The molecule has 1 aliphatic heterocycles. The number of hydrogen-bond acceptors (Lipinski definition) is 5. The minimum atomic E-state index is -0.316. The number of allylic oxidation sites excluding steroid dienone is 2. The minimum Gasteiger partial charge on any atom is -0.494 e. The number of amides is 1. The number of carbonyl (C=O) groups is 2. The third-order valence-corrected chi connectivity index (χ3v) is 6.65. The molecule has 1 N–H and O–H groups in total. The zero-order chi connectivity index (χ0) is 22.8. The van der Waals surface area contributed by atoms with Crippen LogP contribution < -0.4 is 19.5 Å². The molecule has 0 spiro atoms. The predicted octanol–water partition coefficient (Wildman–Crippen LogP) is 4.87. The van der Waals surface area contributed by atoms with Gasteiger partial charge in [-0.1, -0.05) is 12.1 Å². The van der Waals surface area contributed by atoms with Gasteiger partial charge >= 0.3 is 0 Å². The molecule has 0 saturated heterocycles. The summed E-state index contributed by atoms with van der Waals surface area (Å²) in [6, 6.07) is 11.6. The largest absolute Gasteiger partial charge is 0.494 e. The molecule has 1 amide bonds. The number of methoxy groups -OCH3 is 2. The highest BCUT2D eigenvalue weighted by molar-refractivity contribution is 9.10. The Bertz CT molecular complexity index is 1080. The summed E-state index contributed by atoms with van der Waals surface area (Å²) in [7, 11) is 3.14. The van der Waals surface area contributed by atoms with E-state index in [-0.39, 0.29) is 29.9 Å². The molecule has 0 saturated carbocycles. The zero-order valence-electron chi connectivity index (χ0n) is 18.4. The van der Waals surface area contributed by atoms with Gasteiger partial charge in [0.2, 0.25) is 5.91 Å². The van der Waals surface area contributed by atoms with Crippen LogP contribution in [-0.4, -0.2) is 32.5 Å². The average molecular weight is 500 g/mol. The number of hydrogen-bond donors (Lipinski definition) is 1. The Morgan fingerprint density at radius 3 is 2.41 bits per heavy atom. The van der Waals surface area contributed by atoms with Gasteiger partial charge in [-0.15, -0.1) is 0 Å². The van der Waals surface area contributed by atoms with Gasteiger partial charge in [0.1, 0.15) is 5.75 Å². The Balaban J connectivity index is 1.68. The first kappa shape index (κ1) is 22.4. The van der Waals surface area contributed by atoms with E-state index in [2.05, 4.69) is 21.2 Å². The summed E-state index contributed by atoms with van der Waals surface area (Å²) in [5, 5.41) is 2.97. The van der Waals surface area contributed by atoms with Crippen molar-refractivity contribution in [2.24, 2.45) is 0 Å². The second-order valence-corrected chi connectivity index (χ2v) is 8.82. The predicted molar refractivity (Wildman–Crippen MR) is 124 cm³/mol. The summed E-state index contributed by atoms with van der Waals surface area (Å²) in [6.45, 7) is 2.55. The van der Waals surface area contributed by atoms with Crippen LogP contribution in [-0.2, 0) is 9.59 Å². The van der Waals surface area contributed by atoms with Crippen LogP contribution >= 0.6 is 15.9 Å². The summed E-state index contributed by atoms with van der Waals surface area (Å²) in [5.74, 6) is 1.64. The van der Waals surface area contributed by atoms with E-state index in [4.69, 9.17) is 14.2 Å². The van der Waals surface area contributed by atoms with Crippen molar-refractivity contribution in [3.63, 3.8) is 0 Å². The van der Waals surface area contributed by atoms with Crippen LogP contribution in [0.3, 0.4) is 0 Å². The van der Waals surface area contributed by atoms with Crippen molar-refractivity contribution in [1.29, 1.82) is 0 Å². The first-order chi connectivity index (χ1) is 15.4. The number of ketones is 1. The van der Waals surface area contributed by atoms with E-state index < -0.39 is 0 Å². The second kappa shape index (κ2) is 9.36. The SMILES string of the molecule is CCOc1ccc(C2CC(=O)C3=C(C2)NC(=O)CC3c2cc(Br)c(OC)c(OC)c2)cc1. The monoisotopic (exact) mass is 499 g/mol. The van der Waals surface area contributed by atoms with E-state index in [0.29, 0.717) is 36.5 Å². The van der Waals surface area contributed by atoms with E-state index in [1.165, 1.54) is 0 Å². The first-order valence-electron chi connectivity index (χ1n) is 10.6. The van der Waals surface area contributed by atoms with Gasteiger partial charge in [0.15, 0.2) is 17.3 Å². The van der Waals surface area contributed by atoms with Crippen molar-refractivity contribution in [1.82, 2.24) is 5.32 Å². The van der Waals surface area contributed by atoms with E-state index >= 15 is 0 Å². The van der Waals surface area contributed by atoms with Crippen LogP contribution in [0.5, 0.6) is 17.2 Å². The summed E-state index contributed by atoms with van der Waals surface area (Å²) in [5.41, 5.74) is 3.35. The molecule has 2 aromatic rings. The average Bonchev–Trinajstić information content (AvgIpc) is 2.78. The lowest BCUT2D eigenvalue weighted by Crippen LogP contribution is -2.38. The van der Waals surface area contributed by atoms with Gasteiger partial charge in [-0.25, -0.2) is 0 Å². The number of rotatable bonds is 6. The van der Waals surface area contributed by atoms with Crippen LogP contribution in [0.2, 0.25) is 0 Å². The van der Waals surface area contributed by atoms with Crippen molar-refractivity contribution in [3.05, 3.63) is 63.3 Å². The van der Waals surface area contributed by atoms with Crippen molar-refractivity contribution in [3.8, 4) is 17.2 Å². The molecule has 1 aliphatic carbocycles. The molecule has 6 nitrogen and oxygen atoms in total. The van der Waals surface area contributed by atoms with E-state index in [1.54, 1.807) is 14.2 Å². The molecule has 2 aliphatic rings. The summed E-state index contributed by atoms with van der Waals surface area (Å²) in [4.78, 5) is 25.9. The van der Waals surface area contributed by atoms with Gasteiger partial charge in [-0.05, 0) is 70.6 Å². The van der Waals surface area contributed by atoms with E-state index in [0.717, 1.165) is 27.0 Å². The smallest absolute Gasteiger partial charge is 0.225 e. The highest BCUT2D eigenvalue weighted by atomic mass is 79.9. The van der Waals surface area contributed by atoms with Crippen LogP contribution in [0.4, 0.5) is 0 Å². The van der Waals surface area contributed by atoms with Crippen molar-refractivity contribution in [2.45, 2.75) is 38.0 Å². The number of benzene rings is 2. The molecule has 0 radical (unpaired) electrons. The molecular formula is C25H26BrNO5. The molecule has 1 heterocycles. The Hall–Kier alpha value is -2.80. The lowest BCUT2D eigenvalue weighted by molar-refractivity contribution is -0.122. The zero-order valence-corrected chi connectivity index (χ0v) is 20.0. The number of nitrogens with one attached hydrogen (secondary N) is 1. The van der Waals surface area contributed by atoms with Crippen molar-refractivity contribution < 1.29 is 23.8 Å². The van der Waals surface area contributed by atoms with Gasteiger partial charge in [0, 0.05) is 30.0 Å². The molecule has 0 fully saturated rings. The summed E-state index contributed by atoms with van der Waals surface area (Å²) >= 11 is 3.52. The number of ether oxygens (including phenoxy) is 3. The van der Waals surface area contributed by atoms with Crippen LogP contribution in [0, 0.1) is 0 Å². The third kappa shape index (κ3) is 4.26. The third-order valence-electron chi connectivity index (χ3n) is 6.06. The highest BCUT2D eigenvalue weighted by Crippen LogP contribution is 2.46. The Kier molecular flexibility index (Phi) is 6.55. The standard InChI is InChI=1S/C25H26BrNO5/c1-4-32-17-7-5-14(6-8-17)15-10-20-24(21(28)11-15)18(13-23(29)27-20)16-9-19(26)25(31-3)22(12-16)30-2/h5-9,12,15,18H,4,10-11,13H2,1-3H3,(H,27,29). The van der Waals surface area contributed by atoms with Crippen LogP contribution in [0.15, 0.2) is 52.1 Å². The molecular weight excluding hydrogens is 474 g/mol. The lowest BCUT2D eigenvalue weighted by atomic mass is 9.73. The van der Waals surface area contributed by atoms with E-state index in [9.17, 15) is 9.59 Å². The molecule has 4 rings (SSSR count). The fraction of sp³-hybridized carbons (Fsp3) is 0.360. The first-order valence-corrected chi connectivity index (χ1v) is 11.4. The fourth-order valence-electron chi connectivity index (χ4n) is 4.62. The molecule has 0 bridgehead atoms. The molecule has 2 aromatic carbocycles. The van der Waals surface area contributed by atoms with Gasteiger partial charge in [-0.3, -0.25) is 9.59 Å². The molecule has 0 aromatic heterocycles. The Morgan fingerprint density at radius 2 is 1.75 bits per heavy atom. The summed E-state index contributed by atoms with van der Waals surface area (Å²) in [6.07, 6.45) is 1.25.